The van der Waals surface area contributed by atoms with Gasteiger partial charge in [0.15, 0.2) is 0 Å². The second kappa shape index (κ2) is 5.50. The van der Waals surface area contributed by atoms with Gasteiger partial charge in [0, 0.05) is 0 Å². The van der Waals surface area contributed by atoms with Crippen molar-refractivity contribution in [1.82, 2.24) is 0 Å². The van der Waals surface area contributed by atoms with Crippen LogP contribution < -0.4 is 5.73 Å². The Morgan fingerprint density at radius 3 is 2.07 bits per heavy atom. The van der Waals surface area contributed by atoms with Crippen LogP contribution in [0.3, 0.4) is 0 Å². The number of hydrogen-bond donors (Lipinski definition) is 1. The van der Waals surface area contributed by atoms with E-state index in [4.69, 9.17) is 10.5 Å². The van der Waals surface area contributed by atoms with E-state index in [0.717, 1.165) is 6.42 Å². The van der Waals surface area contributed by atoms with Crippen LogP contribution in [0.15, 0.2) is 0 Å². The molecule has 0 heterocycles. The lowest BCUT2D eigenvalue weighted by Crippen LogP contribution is -2.44. The molecule has 0 rings (SSSR count). The summed E-state index contributed by atoms with van der Waals surface area (Å²) < 4.78 is 5.29. The standard InChI is InChI=1S/C12H25NO2/c1-8(2)7-9(3)15-11(14)10(13)12(4,5)6/h8-10H,7,13H2,1-6H3. The van der Waals surface area contributed by atoms with Crippen LogP contribution in [0.5, 0.6) is 0 Å². The Balaban J connectivity index is 4.14. The van der Waals surface area contributed by atoms with Gasteiger partial charge in [-0.25, -0.2) is 0 Å². The molecule has 0 saturated heterocycles. The van der Waals surface area contributed by atoms with E-state index in [-0.39, 0.29) is 17.5 Å². The van der Waals surface area contributed by atoms with Crippen LogP contribution in [-0.2, 0) is 9.53 Å². The van der Waals surface area contributed by atoms with Crippen molar-refractivity contribution < 1.29 is 9.53 Å². The van der Waals surface area contributed by atoms with Crippen molar-refractivity contribution in [3.8, 4) is 0 Å². The Morgan fingerprint density at radius 2 is 1.73 bits per heavy atom. The molecule has 3 heteroatoms. The van der Waals surface area contributed by atoms with E-state index in [1.807, 2.05) is 27.7 Å². The summed E-state index contributed by atoms with van der Waals surface area (Å²) in [5, 5.41) is 0. The van der Waals surface area contributed by atoms with E-state index in [1.165, 1.54) is 0 Å². The smallest absolute Gasteiger partial charge is 0.323 e. The molecule has 3 nitrogen and oxygen atoms in total. The quantitative estimate of drug-likeness (QED) is 0.732. The van der Waals surface area contributed by atoms with Gasteiger partial charge in [-0.3, -0.25) is 4.79 Å². The normalized spacial score (nSPS) is 16.3. The van der Waals surface area contributed by atoms with Gasteiger partial charge in [-0.15, -0.1) is 0 Å². The summed E-state index contributed by atoms with van der Waals surface area (Å²) in [5.41, 5.74) is 5.56. The van der Waals surface area contributed by atoms with E-state index in [2.05, 4.69) is 13.8 Å². The lowest BCUT2D eigenvalue weighted by Gasteiger charge is -2.26. The Labute approximate surface area is 93.4 Å². The van der Waals surface area contributed by atoms with Crippen molar-refractivity contribution in [3.05, 3.63) is 0 Å². The fourth-order valence-corrected chi connectivity index (χ4v) is 1.34. The predicted octanol–water partition coefficient (Wildman–Crippen LogP) is 2.34. The maximum atomic E-state index is 11.6. The lowest BCUT2D eigenvalue weighted by atomic mass is 9.87. The molecule has 15 heavy (non-hydrogen) atoms. The molecule has 0 aromatic carbocycles. The molecular weight excluding hydrogens is 190 g/mol. The first-order valence-electron chi connectivity index (χ1n) is 5.60. The molecule has 0 bridgehead atoms. The molecule has 2 unspecified atom stereocenters. The van der Waals surface area contributed by atoms with Gasteiger partial charge in [0.05, 0.1) is 6.10 Å². The first-order chi connectivity index (χ1) is 6.64. The molecular formula is C12H25NO2. The molecule has 0 aliphatic rings. The topological polar surface area (TPSA) is 52.3 Å². The van der Waals surface area contributed by atoms with Gasteiger partial charge in [-0.05, 0) is 24.7 Å². The Hall–Kier alpha value is -0.570. The highest BCUT2D eigenvalue weighted by atomic mass is 16.5. The zero-order chi connectivity index (χ0) is 12.2. The molecule has 90 valence electrons. The number of nitrogens with two attached hydrogens (primary N) is 1. The second-order valence-electron chi connectivity index (χ2n) is 5.72. The number of esters is 1. The molecule has 2 atom stereocenters. The fourth-order valence-electron chi connectivity index (χ4n) is 1.34. The average Bonchev–Trinajstić information content (AvgIpc) is 1.99. The second-order valence-corrected chi connectivity index (χ2v) is 5.72. The molecule has 0 radical (unpaired) electrons. The van der Waals surface area contributed by atoms with Crippen molar-refractivity contribution in [2.75, 3.05) is 0 Å². The average molecular weight is 215 g/mol. The summed E-state index contributed by atoms with van der Waals surface area (Å²) in [4.78, 5) is 11.6. The number of carbonyl (C=O) groups excluding carboxylic acids is 1. The third kappa shape index (κ3) is 5.78. The summed E-state index contributed by atoms with van der Waals surface area (Å²) in [7, 11) is 0. The van der Waals surface area contributed by atoms with Crippen LogP contribution in [0.2, 0.25) is 0 Å². The van der Waals surface area contributed by atoms with Gasteiger partial charge in [0.2, 0.25) is 0 Å². The summed E-state index contributed by atoms with van der Waals surface area (Å²) in [6.45, 7) is 11.9. The molecule has 0 fully saturated rings. The zero-order valence-electron chi connectivity index (χ0n) is 10.8. The maximum Gasteiger partial charge on any atom is 0.323 e. The highest BCUT2D eigenvalue weighted by Gasteiger charge is 2.29. The van der Waals surface area contributed by atoms with Crippen molar-refractivity contribution in [2.45, 2.75) is 60.1 Å². The third-order valence-electron chi connectivity index (χ3n) is 2.31. The highest BCUT2D eigenvalue weighted by Crippen LogP contribution is 2.19. The van der Waals surface area contributed by atoms with Crippen LogP contribution in [0.4, 0.5) is 0 Å². The molecule has 0 aliphatic heterocycles. The largest absolute Gasteiger partial charge is 0.461 e. The highest BCUT2D eigenvalue weighted by molar-refractivity contribution is 5.76. The van der Waals surface area contributed by atoms with E-state index < -0.39 is 6.04 Å². The van der Waals surface area contributed by atoms with E-state index in [9.17, 15) is 4.79 Å². The van der Waals surface area contributed by atoms with Crippen LogP contribution in [0.25, 0.3) is 0 Å². The number of carbonyl (C=O) groups is 1. The summed E-state index contributed by atoms with van der Waals surface area (Å²) >= 11 is 0. The molecule has 0 amide bonds. The molecule has 2 N–H and O–H groups in total. The number of hydrogen-bond acceptors (Lipinski definition) is 3. The fraction of sp³-hybridized carbons (Fsp3) is 0.917. The Morgan fingerprint density at radius 1 is 1.27 bits per heavy atom. The van der Waals surface area contributed by atoms with Crippen molar-refractivity contribution in [3.63, 3.8) is 0 Å². The van der Waals surface area contributed by atoms with Crippen LogP contribution in [0.1, 0.15) is 48.0 Å². The van der Waals surface area contributed by atoms with Gasteiger partial charge in [0.1, 0.15) is 6.04 Å². The number of ether oxygens (including phenoxy) is 1. The first kappa shape index (κ1) is 14.4. The minimum absolute atomic E-state index is 0.0501. The molecule has 0 aromatic rings. The maximum absolute atomic E-state index is 11.6. The van der Waals surface area contributed by atoms with Crippen LogP contribution >= 0.6 is 0 Å². The monoisotopic (exact) mass is 215 g/mol. The number of rotatable bonds is 4. The van der Waals surface area contributed by atoms with Crippen molar-refractivity contribution in [2.24, 2.45) is 17.1 Å². The van der Waals surface area contributed by atoms with Gasteiger partial charge in [0.25, 0.3) is 0 Å². The third-order valence-corrected chi connectivity index (χ3v) is 2.31. The van der Waals surface area contributed by atoms with Gasteiger partial charge in [-0.1, -0.05) is 34.6 Å². The minimum atomic E-state index is -0.549. The van der Waals surface area contributed by atoms with Crippen LogP contribution in [0, 0.1) is 11.3 Å². The van der Waals surface area contributed by atoms with Crippen LogP contribution in [-0.4, -0.2) is 18.1 Å². The minimum Gasteiger partial charge on any atom is -0.461 e. The Kier molecular flexibility index (Phi) is 5.29. The van der Waals surface area contributed by atoms with E-state index in [0.29, 0.717) is 5.92 Å². The van der Waals surface area contributed by atoms with Gasteiger partial charge in [-0.2, -0.15) is 0 Å². The molecule has 0 aliphatic carbocycles. The van der Waals surface area contributed by atoms with Gasteiger partial charge < -0.3 is 10.5 Å². The molecule has 0 spiro atoms. The first-order valence-corrected chi connectivity index (χ1v) is 5.60. The van der Waals surface area contributed by atoms with Crippen molar-refractivity contribution >= 4 is 5.97 Å². The van der Waals surface area contributed by atoms with Crippen molar-refractivity contribution in [1.29, 1.82) is 0 Å². The summed E-state index contributed by atoms with van der Waals surface area (Å²) in [5.74, 6) is 0.231. The molecule has 0 aromatic heterocycles. The lowest BCUT2D eigenvalue weighted by molar-refractivity contribution is -0.153. The predicted molar refractivity (Wildman–Crippen MR) is 62.4 cm³/mol. The van der Waals surface area contributed by atoms with E-state index >= 15 is 0 Å². The SMILES string of the molecule is CC(C)CC(C)OC(=O)C(N)C(C)(C)C. The Bertz CT molecular complexity index is 206. The van der Waals surface area contributed by atoms with Gasteiger partial charge >= 0.3 is 5.97 Å². The summed E-state index contributed by atoms with van der Waals surface area (Å²) in [6, 6.07) is -0.549. The van der Waals surface area contributed by atoms with E-state index in [1.54, 1.807) is 0 Å². The summed E-state index contributed by atoms with van der Waals surface area (Å²) in [6.07, 6.45) is 0.827. The zero-order valence-corrected chi connectivity index (χ0v) is 10.8. The molecule has 0 saturated carbocycles.